The molecule has 2 aromatic rings. The van der Waals surface area contributed by atoms with Crippen LogP contribution in [0.4, 0.5) is 18.4 Å². The van der Waals surface area contributed by atoms with Crippen LogP contribution >= 0.6 is 15.9 Å². The Kier molecular flexibility index (Phi) is 10.6. The van der Waals surface area contributed by atoms with Crippen LogP contribution in [0.1, 0.15) is 81.1 Å². The topological polar surface area (TPSA) is 85.4 Å². The fourth-order valence-corrected chi connectivity index (χ4v) is 4.85. The largest absolute Gasteiger partial charge is 0.462 e. The van der Waals surface area contributed by atoms with Gasteiger partial charge in [0, 0.05) is 26.2 Å². The second kappa shape index (κ2) is 13.4. The summed E-state index contributed by atoms with van der Waals surface area (Å²) in [6, 6.07) is 6.10. The zero-order valence-electron chi connectivity index (χ0n) is 25.2. The predicted molar refractivity (Wildman–Crippen MR) is 157 cm³/mol. The number of hydrogen-bond donors (Lipinski definition) is 0. The highest BCUT2D eigenvalue weighted by molar-refractivity contribution is 9.10. The molecule has 42 heavy (non-hydrogen) atoms. The molecule has 0 spiro atoms. The minimum atomic E-state index is -0.692. The van der Waals surface area contributed by atoms with Crippen LogP contribution in [-0.2, 0) is 40.1 Å². The van der Waals surface area contributed by atoms with Crippen LogP contribution in [0.2, 0.25) is 0 Å². The molecule has 11 heteroatoms. The van der Waals surface area contributed by atoms with Crippen molar-refractivity contribution in [2.24, 2.45) is 0 Å². The number of benzene rings is 2. The van der Waals surface area contributed by atoms with Crippen LogP contribution in [0.5, 0.6) is 0 Å². The molecule has 230 valence electrons. The molecule has 0 saturated heterocycles. The van der Waals surface area contributed by atoms with E-state index in [4.69, 9.17) is 14.2 Å². The highest BCUT2D eigenvalue weighted by Crippen LogP contribution is 2.27. The maximum Gasteiger partial charge on any atom is 0.410 e. The normalized spacial score (nSPS) is 14.6. The second-order valence-corrected chi connectivity index (χ2v) is 13.0. The Bertz CT molecular complexity index is 1340. The Morgan fingerprint density at radius 1 is 0.762 bits per heavy atom. The number of carbonyl (C=O) groups is 3. The first kappa shape index (κ1) is 33.3. The molecule has 0 aliphatic carbocycles. The van der Waals surface area contributed by atoms with E-state index in [-0.39, 0.29) is 30.6 Å². The first-order valence-corrected chi connectivity index (χ1v) is 14.7. The van der Waals surface area contributed by atoms with E-state index in [2.05, 4.69) is 15.9 Å². The fourth-order valence-electron chi connectivity index (χ4n) is 4.46. The van der Waals surface area contributed by atoms with Gasteiger partial charge >= 0.3 is 18.2 Å². The summed E-state index contributed by atoms with van der Waals surface area (Å²) in [7, 11) is 0. The van der Waals surface area contributed by atoms with Gasteiger partial charge in [0.05, 0.1) is 16.6 Å². The summed E-state index contributed by atoms with van der Waals surface area (Å²) in [5.74, 6) is -1.54. The number of halogens is 3. The molecule has 0 atom stereocenters. The van der Waals surface area contributed by atoms with Crippen molar-refractivity contribution in [3.05, 3.63) is 68.2 Å². The van der Waals surface area contributed by atoms with E-state index in [1.165, 1.54) is 18.2 Å². The van der Waals surface area contributed by atoms with Crippen molar-refractivity contribution in [1.82, 2.24) is 9.80 Å². The molecule has 2 aliphatic rings. The molecule has 2 amide bonds. The van der Waals surface area contributed by atoms with Crippen LogP contribution in [0.3, 0.4) is 0 Å². The number of fused-ring (bicyclic) bond motifs is 2. The quantitative estimate of drug-likeness (QED) is 0.252. The molecule has 2 heterocycles. The first-order valence-electron chi connectivity index (χ1n) is 13.9. The molecule has 2 aromatic carbocycles. The summed E-state index contributed by atoms with van der Waals surface area (Å²) in [4.78, 5) is 39.1. The van der Waals surface area contributed by atoms with E-state index in [0.29, 0.717) is 36.9 Å². The molecule has 0 bridgehead atoms. The van der Waals surface area contributed by atoms with E-state index >= 15 is 0 Å². The third-order valence-corrected chi connectivity index (χ3v) is 6.96. The zero-order chi connectivity index (χ0) is 31.4. The Morgan fingerprint density at radius 2 is 1.21 bits per heavy atom. The fraction of sp³-hybridized carbons (Fsp3) is 0.516. The Balaban J connectivity index is 0.000000235. The first-order chi connectivity index (χ1) is 19.5. The zero-order valence-corrected chi connectivity index (χ0v) is 26.8. The van der Waals surface area contributed by atoms with E-state index < -0.39 is 29.1 Å². The Hall–Kier alpha value is -3.21. The standard InChI is InChI=1S/C17H22FNO4.C14H17BrFNO2/c1-5-22-15(20)13-8-12-10-19(16(21)23-17(2,3)4)7-6-11(12)9-14(13)18;1-14(2,3)19-13(18)17-5-4-9-7-12(16)11(15)6-10(9)8-17/h8-9H,5-7,10H2,1-4H3;6-7H,4-5,8H2,1-3H3. The Morgan fingerprint density at radius 3 is 1.67 bits per heavy atom. The molecule has 0 unspecified atom stereocenters. The van der Waals surface area contributed by atoms with E-state index in [9.17, 15) is 23.2 Å². The highest BCUT2D eigenvalue weighted by atomic mass is 79.9. The van der Waals surface area contributed by atoms with Gasteiger partial charge in [0.15, 0.2) is 0 Å². The van der Waals surface area contributed by atoms with Crippen molar-refractivity contribution in [3.8, 4) is 0 Å². The second-order valence-electron chi connectivity index (χ2n) is 12.2. The van der Waals surface area contributed by atoms with E-state index in [0.717, 1.165) is 22.3 Å². The average Bonchev–Trinajstić information content (AvgIpc) is 2.87. The molecular formula is C31H39BrF2N2O6. The minimum absolute atomic E-state index is 0.100. The van der Waals surface area contributed by atoms with Gasteiger partial charge < -0.3 is 24.0 Å². The summed E-state index contributed by atoms with van der Waals surface area (Å²) in [5.41, 5.74) is 2.29. The Labute approximate surface area is 254 Å². The molecule has 0 N–H and O–H groups in total. The summed E-state index contributed by atoms with van der Waals surface area (Å²) in [6.45, 7) is 14.5. The molecule has 8 nitrogen and oxygen atoms in total. The van der Waals surface area contributed by atoms with Gasteiger partial charge in [0.1, 0.15) is 22.8 Å². The summed E-state index contributed by atoms with van der Waals surface area (Å²) in [5, 5.41) is 0. The van der Waals surface area contributed by atoms with Gasteiger partial charge in [-0.2, -0.15) is 0 Å². The number of esters is 1. The lowest BCUT2D eigenvalue weighted by Gasteiger charge is -2.31. The predicted octanol–water partition coefficient (Wildman–Crippen LogP) is 7.18. The molecule has 2 aliphatic heterocycles. The van der Waals surface area contributed by atoms with Gasteiger partial charge in [-0.25, -0.2) is 23.2 Å². The van der Waals surface area contributed by atoms with Crippen LogP contribution in [-0.4, -0.2) is 58.9 Å². The number of amides is 2. The summed E-state index contributed by atoms with van der Waals surface area (Å²) < 4.78 is 43.4. The van der Waals surface area contributed by atoms with Crippen LogP contribution in [0.15, 0.2) is 28.7 Å². The summed E-state index contributed by atoms with van der Waals surface area (Å²) >= 11 is 3.17. The van der Waals surface area contributed by atoms with Crippen molar-refractivity contribution in [1.29, 1.82) is 0 Å². The lowest BCUT2D eigenvalue weighted by molar-refractivity contribution is 0.0213. The van der Waals surface area contributed by atoms with Gasteiger partial charge in [-0.1, -0.05) is 0 Å². The van der Waals surface area contributed by atoms with Crippen molar-refractivity contribution >= 4 is 34.1 Å². The van der Waals surface area contributed by atoms with Gasteiger partial charge in [-0.15, -0.1) is 0 Å². The van der Waals surface area contributed by atoms with E-state index in [1.807, 2.05) is 20.8 Å². The van der Waals surface area contributed by atoms with E-state index in [1.54, 1.807) is 43.6 Å². The lowest BCUT2D eigenvalue weighted by atomic mass is 9.97. The lowest BCUT2D eigenvalue weighted by Crippen LogP contribution is -2.40. The molecule has 0 saturated carbocycles. The molecular weight excluding hydrogens is 614 g/mol. The van der Waals surface area contributed by atoms with Crippen molar-refractivity contribution in [2.45, 2.75) is 85.6 Å². The van der Waals surface area contributed by atoms with Crippen molar-refractivity contribution < 1.29 is 37.4 Å². The van der Waals surface area contributed by atoms with Crippen molar-refractivity contribution in [2.75, 3.05) is 19.7 Å². The monoisotopic (exact) mass is 652 g/mol. The number of rotatable bonds is 2. The maximum atomic E-state index is 14.0. The molecule has 0 radical (unpaired) electrons. The van der Waals surface area contributed by atoms with Gasteiger partial charge in [-0.3, -0.25) is 0 Å². The smallest absolute Gasteiger partial charge is 0.410 e. The van der Waals surface area contributed by atoms with Crippen LogP contribution in [0.25, 0.3) is 0 Å². The minimum Gasteiger partial charge on any atom is -0.462 e. The number of carbonyl (C=O) groups excluding carboxylic acids is 3. The number of ether oxygens (including phenoxy) is 3. The molecule has 0 aromatic heterocycles. The molecule has 0 fully saturated rings. The number of nitrogens with zero attached hydrogens (tertiary/aromatic N) is 2. The number of hydrogen-bond acceptors (Lipinski definition) is 6. The maximum absolute atomic E-state index is 14.0. The van der Waals surface area contributed by atoms with Crippen LogP contribution in [0, 0.1) is 11.6 Å². The molecule has 4 rings (SSSR count). The van der Waals surface area contributed by atoms with Crippen LogP contribution < -0.4 is 0 Å². The highest BCUT2D eigenvalue weighted by Gasteiger charge is 2.28. The summed E-state index contributed by atoms with van der Waals surface area (Å²) in [6.07, 6.45) is 0.441. The van der Waals surface area contributed by atoms with Gasteiger partial charge in [-0.05, 0) is 124 Å². The van der Waals surface area contributed by atoms with Gasteiger partial charge in [0.2, 0.25) is 0 Å². The SMILES string of the molecule is CC(C)(C)OC(=O)N1CCc2cc(F)c(Br)cc2C1.CCOC(=O)c1cc2c(cc1F)CCN(C(=O)OC(C)(C)C)C2. The third-order valence-electron chi connectivity index (χ3n) is 6.36. The average molecular weight is 654 g/mol. The van der Waals surface area contributed by atoms with Crippen molar-refractivity contribution in [3.63, 3.8) is 0 Å². The third kappa shape index (κ3) is 9.14. The van der Waals surface area contributed by atoms with Gasteiger partial charge in [0.25, 0.3) is 0 Å².